The average Bonchev–Trinajstić information content (AvgIpc) is 2.66. The molecule has 2 rings (SSSR count). The molecular formula is C19H19BrN2O4. The molecule has 0 aliphatic rings. The second-order valence-electron chi connectivity index (χ2n) is 5.34. The van der Waals surface area contributed by atoms with Crippen LogP contribution in [0.5, 0.6) is 11.5 Å². The summed E-state index contributed by atoms with van der Waals surface area (Å²) >= 11 is 3.39. The molecule has 2 N–H and O–H groups in total. The lowest BCUT2D eigenvalue weighted by Crippen LogP contribution is -2.43. The SMILES string of the molecule is COc1ccc(/C=C/C(=O)NNC(=O)COc2ccc(Br)c(C)c2)cc1. The molecule has 0 saturated carbocycles. The Bertz CT molecular complexity index is 804. The highest BCUT2D eigenvalue weighted by atomic mass is 79.9. The van der Waals surface area contributed by atoms with Gasteiger partial charge in [0.1, 0.15) is 11.5 Å². The smallest absolute Gasteiger partial charge is 0.276 e. The van der Waals surface area contributed by atoms with Crippen molar-refractivity contribution in [3.8, 4) is 11.5 Å². The third-order valence-corrected chi connectivity index (χ3v) is 4.26. The fourth-order valence-corrected chi connectivity index (χ4v) is 2.20. The Morgan fingerprint density at radius 3 is 2.42 bits per heavy atom. The molecule has 0 aromatic heterocycles. The Morgan fingerprint density at radius 1 is 1.08 bits per heavy atom. The van der Waals surface area contributed by atoms with Crippen molar-refractivity contribution in [3.63, 3.8) is 0 Å². The number of hydrazine groups is 1. The minimum atomic E-state index is -0.461. The zero-order valence-electron chi connectivity index (χ0n) is 14.4. The summed E-state index contributed by atoms with van der Waals surface area (Å²) in [4.78, 5) is 23.4. The third-order valence-electron chi connectivity index (χ3n) is 3.37. The van der Waals surface area contributed by atoms with E-state index in [1.165, 1.54) is 6.08 Å². The van der Waals surface area contributed by atoms with E-state index in [1.807, 2.05) is 31.2 Å². The number of hydrogen-bond donors (Lipinski definition) is 2. The fourth-order valence-electron chi connectivity index (χ4n) is 1.95. The number of carbonyl (C=O) groups is 2. The number of halogens is 1. The molecule has 136 valence electrons. The number of nitrogens with one attached hydrogen (secondary N) is 2. The molecule has 2 aromatic rings. The van der Waals surface area contributed by atoms with Crippen LogP contribution in [-0.2, 0) is 9.59 Å². The average molecular weight is 419 g/mol. The second-order valence-corrected chi connectivity index (χ2v) is 6.20. The van der Waals surface area contributed by atoms with Gasteiger partial charge in [0, 0.05) is 10.5 Å². The molecule has 0 bridgehead atoms. The van der Waals surface area contributed by atoms with Crippen molar-refractivity contribution in [2.45, 2.75) is 6.92 Å². The van der Waals surface area contributed by atoms with E-state index < -0.39 is 11.8 Å². The van der Waals surface area contributed by atoms with Crippen LogP contribution >= 0.6 is 15.9 Å². The molecule has 0 spiro atoms. The van der Waals surface area contributed by atoms with Crippen LogP contribution in [0, 0.1) is 6.92 Å². The maximum atomic E-state index is 11.7. The van der Waals surface area contributed by atoms with Crippen molar-refractivity contribution in [1.82, 2.24) is 10.9 Å². The zero-order valence-corrected chi connectivity index (χ0v) is 16.0. The molecular weight excluding hydrogens is 400 g/mol. The van der Waals surface area contributed by atoms with Gasteiger partial charge in [-0.3, -0.25) is 20.4 Å². The number of rotatable bonds is 6. The Morgan fingerprint density at radius 2 is 1.77 bits per heavy atom. The van der Waals surface area contributed by atoms with Crippen molar-refractivity contribution < 1.29 is 19.1 Å². The molecule has 0 radical (unpaired) electrons. The van der Waals surface area contributed by atoms with Gasteiger partial charge in [0.2, 0.25) is 0 Å². The lowest BCUT2D eigenvalue weighted by Gasteiger charge is -2.08. The third kappa shape index (κ3) is 6.25. The van der Waals surface area contributed by atoms with Crippen LogP contribution in [0.2, 0.25) is 0 Å². The number of hydrogen-bond acceptors (Lipinski definition) is 4. The monoisotopic (exact) mass is 418 g/mol. The van der Waals surface area contributed by atoms with Crippen molar-refractivity contribution in [2.24, 2.45) is 0 Å². The van der Waals surface area contributed by atoms with E-state index in [2.05, 4.69) is 26.8 Å². The summed E-state index contributed by atoms with van der Waals surface area (Å²) in [5.41, 5.74) is 6.42. The Balaban J connectivity index is 1.74. The van der Waals surface area contributed by atoms with Gasteiger partial charge >= 0.3 is 0 Å². The molecule has 6 nitrogen and oxygen atoms in total. The van der Waals surface area contributed by atoms with Gasteiger partial charge in [-0.1, -0.05) is 28.1 Å². The van der Waals surface area contributed by atoms with E-state index in [9.17, 15) is 9.59 Å². The van der Waals surface area contributed by atoms with E-state index >= 15 is 0 Å². The first-order chi connectivity index (χ1) is 12.5. The summed E-state index contributed by atoms with van der Waals surface area (Å²) < 4.78 is 11.4. The first kappa shape index (κ1) is 19.5. The van der Waals surface area contributed by atoms with Crippen molar-refractivity contribution in [2.75, 3.05) is 13.7 Å². The number of ether oxygens (including phenoxy) is 2. The molecule has 0 unspecified atom stereocenters. The van der Waals surface area contributed by atoms with Gasteiger partial charge < -0.3 is 9.47 Å². The zero-order chi connectivity index (χ0) is 18.9. The van der Waals surface area contributed by atoms with Crippen LogP contribution in [0.15, 0.2) is 53.0 Å². The maximum Gasteiger partial charge on any atom is 0.276 e. The number of aryl methyl sites for hydroxylation is 1. The van der Waals surface area contributed by atoms with Gasteiger partial charge in [-0.05, 0) is 54.5 Å². The molecule has 0 fully saturated rings. The molecule has 0 aliphatic heterocycles. The Labute approximate surface area is 160 Å². The van der Waals surface area contributed by atoms with Gasteiger partial charge in [-0.25, -0.2) is 0 Å². The number of methoxy groups -OCH3 is 1. The van der Waals surface area contributed by atoms with E-state index in [0.717, 1.165) is 21.3 Å². The van der Waals surface area contributed by atoms with Crippen LogP contribution in [0.25, 0.3) is 6.08 Å². The molecule has 7 heteroatoms. The summed E-state index contributed by atoms with van der Waals surface area (Å²) in [6, 6.07) is 12.6. The Kier molecular flexibility index (Phi) is 7.23. The van der Waals surface area contributed by atoms with Crippen LogP contribution in [0.3, 0.4) is 0 Å². The summed E-state index contributed by atoms with van der Waals surface area (Å²) in [7, 11) is 1.59. The van der Waals surface area contributed by atoms with Crippen molar-refractivity contribution in [3.05, 3.63) is 64.1 Å². The number of carbonyl (C=O) groups excluding carboxylic acids is 2. The predicted molar refractivity (Wildman–Crippen MR) is 103 cm³/mol. The quantitative estimate of drug-likeness (QED) is 0.558. The van der Waals surface area contributed by atoms with E-state index in [1.54, 1.807) is 31.4 Å². The topological polar surface area (TPSA) is 76.7 Å². The molecule has 2 aromatic carbocycles. The van der Waals surface area contributed by atoms with Crippen LogP contribution in [-0.4, -0.2) is 25.5 Å². The molecule has 0 heterocycles. The largest absolute Gasteiger partial charge is 0.497 e. The van der Waals surface area contributed by atoms with E-state index in [4.69, 9.17) is 9.47 Å². The Hall–Kier alpha value is -2.80. The molecule has 0 aliphatic carbocycles. The normalized spacial score (nSPS) is 10.4. The summed E-state index contributed by atoms with van der Waals surface area (Å²) in [5.74, 6) is 0.400. The number of benzene rings is 2. The molecule has 0 atom stereocenters. The first-order valence-electron chi connectivity index (χ1n) is 7.78. The highest BCUT2D eigenvalue weighted by Crippen LogP contribution is 2.21. The van der Waals surface area contributed by atoms with Gasteiger partial charge in [0.25, 0.3) is 11.8 Å². The second kappa shape index (κ2) is 9.62. The first-order valence-corrected chi connectivity index (χ1v) is 8.57. The van der Waals surface area contributed by atoms with Gasteiger partial charge in [-0.15, -0.1) is 0 Å². The summed E-state index contributed by atoms with van der Waals surface area (Å²) in [5, 5.41) is 0. The lowest BCUT2D eigenvalue weighted by molar-refractivity contribution is -0.128. The summed E-state index contributed by atoms with van der Waals surface area (Å²) in [6.45, 7) is 1.72. The standard InChI is InChI=1S/C19H19BrN2O4/c1-13-11-16(8-9-17(13)20)26-12-19(24)22-21-18(23)10-5-14-3-6-15(25-2)7-4-14/h3-11H,12H2,1-2H3,(H,21,23)(H,22,24)/b10-5+. The fraction of sp³-hybridized carbons (Fsp3) is 0.158. The maximum absolute atomic E-state index is 11.7. The molecule has 0 saturated heterocycles. The minimum Gasteiger partial charge on any atom is -0.497 e. The lowest BCUT2D eigenvalue weighted by atomic mass is 10.2. The number of amides is 2. The molecule has 26 heavy (non-hydrogen) atoms. The molecule has 2 amide bonds. The van der Waals surface area contributed by atoms with Gasteiger partial charge in [0.05, 0.1) is 7.11 Å². The van der Waals surface area contributed by atoms with E-state index in [-0.39, 0.29) is 6.61 Å². The van der Waals surface area contributed by atoms with Crippen LogP contribution < -0.4 is 20.3 Å². The van der Waals surface area contributed by atoms with Crippen molar-refractivity contribution >= 4 is 33.8 Å². The highest BCUT2D eigenvalue weighted by molar-refractivity contribution is 9.10. The van der Waals surface area contributed by atoms with Gasteiger partial charge in [0.15, 0.2) is 6.61 Å². The predicted octanol–water partition coefficient (Wildman–Crippen LogP) is 3.01. The van der Waals surface area contributed by atoms with Crippen LogP contribution in [0.4, 0.5) is 0 Å². The van der Waals surface area contributed by atoms with Gasteiger partial charge in [-0.2, -0.15) is 0 Å². The minimum absolute atomic E-state index is 0.205. The highest BCUT2D eigenvalue weighted by Gasteiger charge is 2.05. The van der Waals surface area contributed by atoms with E-state index in [0.29, 0.717) is 5.75 Å². The van der Waals surface area contributed by atoms with Crippen molar-refractivity contribution in [1.29, 1.82) is 0 Å². The summed E-state index contributed by atoms with van der Waals surface area (Å²) in [6.07, 6.45) is 2.95. The van der Waals surface area contributed by atoms with Crippen LogP contribution in [0.1, 0.15) is 11.1 Å².